The Hall–Kier alpha value is -2.04. The van der Waals surface area contributed by atoms with Gasteiger partial charge in [-0.15, -0.1) is 0 Å². The van der Waals surface area contributed by atoms with E-state index >= 15 is 0 Å². The van der Waals surface area contributed by atoms with Crippen molar-refractivity contribution in [2.45, 2.75) is 25.6 Å². The van der Waals surface area contributed by atoms with Crippen LogP contribution in [0.3, 0.4) is 0 Å². The summed E-state index contributed by atoms with van der Waals surface area (Å²) in [6, 6.07) is 14.9. The van der Waals surface area contributed by atoms with E-state index in [9.17, 15) is 9.90 Å². The summed E-state index contributed by atoms with van der Waals surface area (Å²) in [5, 5.41) is 10.2. The highest BCUT2D eigenvalue weighted by molar-refractivity contribution is 6.30. The van der Waals surface area contributed by atoms with Gasteiger partial charge in [0.2, 0.25) is 0 Å². The number of halogens is 1. The molecule has 0 saturated heterocycles. The van der Waals surface area contributed by atoms with Gasteiger partial charge in [-0.05, 0) is 35.2 Å². The number of carbonyl (C=O) groups is 1. The van der Waals surface area contributed by atoms with Gasteiger partial charge < -0.3 is 9.84 Å². The van der Waals surface area contributed by atoms with Crippen LogP contribution in [0.4, 0.5) is 4.79 Å². The third-order valence-corrected chi connectivity index (χ3v) is 4.29. The number of rotatable bonds is 3. The lowest BCUT2D eigenvalue weighted by atomic mass is 9.95. The molecule has 1 aliphatic heterocycles. The van der Waals surface area contributed by atoms with Crippen molar-refractivity contribution in [2.24, 2.45) is 0 Å². The third kappa shape index (κ3) is 3.66. The Morgan fingerprint density at radius 3 is 2.74 bits per heavy atom. The van der Waals surface area contributed by atoms with Crippen LogP contribution in [0.2, 0.25) is 5.02 Å². The quantitative estimate of drug-likeness (QED) is 0.937. The van der Waals surface area contributed by atoms with Gasteiger partial charge in [0.1, 0.15) is 6.61 Å². The van der Waals surface area contributed by atoms with Crippen molar-refractivity contribution in [3.05, 3.63) is 70.2 Å². The van der Waals surface area contributed by atoms with E-state index in [4.69, 9.17) is 16.3 Å². The van der Waals surface area contributed by atoms with Crippen LogP contribution in [0.25, 0.3) is 0 Å². The number of hydrogen-bond donors (Lipinski definition) is 1. The zero-order valence-corrected chi connectivity index (χ0v) is 13.4. The zero-order chi connectivity index (χ0) is 16.2. The molecule has 3 rings (SSSR count). The van der Waals surface area contributed by atoms with Gasteiger partial charge in [0.05, 0.1) is 12.6 Å². The molecule has 0 aromatic heterocycles. The van der Waals surface area contributed by atoms with Crippen LogP contribution < -0.4 is 0 Å². The van der Waals surface area contributed by atoms with Crippen LogP contribution in [0.1, 0.15) is 16.7 Å². The summed E-state index contributed by atoms with van der Waals surface area (Å²) in [6.07, 6.45) is 0.183. The highest BCUT2D eigenvalue weighted by Gasteiger charge is 2.30. The van der Waals surface area contributed by atoms with E-state index in [-0.39, 0.29) is 19.3 Å². The first-order valence-corrected chi connectivity index (χ1v) is 7.90. The highest BCUT2D eigenvalue weighted by Crippen LogP contribution is 2.26. The first-order valence-electron chi connectivity index (χ1n) is 7.53. The molecule has 1 N–H and O–H groups in total. The summed E-state index contributed by atoms with van der Waals surface area (Å²) >= 11 is 6.03. The average Bonchev–Trinajstić information content (AvgIpc) is 2.59. The van der Waals surface area contributed by atoms with Crippen LogP contribution in [-0.2, 0) is 24.3 Å². The Balaban J connectivity index is 1.71. The Kier molecular flexibility index (Phi) is 4.84. The number of carbonyl (C=O) groups excluding carboxylic acids is 1. The first-order chi connectivity index (χ1) is 11.2. The van der Waals surface area contributed by atoms with E-state index in [2.05, 4.69) is 0 Å². The zero-order valence-electron chi connectivity index (χ0n) is 12.6. The molecule has 120 valence electrons. The summed E-state index contributed by atoms with van der Waals surface area (Å²) in [5.41, 5.74) is 3.04. The van der Waals surface area contributed by atoms with Crippen LogP contribution in [0.5, 0.6) is 0 Å². The van der Waals surface area contributed by atoms with Gasteiger partial charge in [-0.3, -0.25) is 4.90 Å². The summed E-state index contributed by atoms with van der Waals surface area (Å²) in [4.78, 5) is 14.0. The third-order valence-electron chi connectivity index (χ3n) is 4.06. The Labute approximate surface area is 140 Å². The topological polar surface area (TPSA) is 49.8 Å². The van der Waals surface area contributed by atoms with Crippen LogP contribution in [-0.4, -0.2) is 28.7 Å². The van der Waals surface area contributed by atoms with Gasteiger partial charge in [-0.1, -0.05) is 48.0 Å². The lowest BCUT2D eigenvalue weighted by Gasteiger charge is -2.35. The molecule has 23 heavy (non-hydrogen) atoms. The molecule has 0 fully saturated rings. The largest absolute Gasteiger partial charge is 0.445 e. The van der Waals surface area contributed by atoms with E-state index in [0.29, 0.717) is 18.0 Å². The van der Waals surface area contributed by atoms with Crippen molar-refractivity contribution in [1.29, 1.82) is 0 Å². The second kappa shape index (κ2) is 7.02. The lowest BCUT2D eigenvalue weighted by Crippen LogP contribution is -2.46. The average molecular weight is 332 g/mol. The molecule has 2 aromatic rings. The SMILES string of the molecule is O=C(OCc1ccccc1)N1Cc2cc(Cl)ccc2C[C@H]1CO. The van der Waals surface area contributed by atoms with Gasteiger partial charge in [0.25, 0.3) is 0 Å². The second-order valence-electron chi connectivity index (χ2n) is 5.62. The monoisotopic (exact) mass is 331 g/mol. The maximum absolute atomic E-state index is 12.4. The smallest absolute Gasteiger partial charge is 0.410 e. The van der Waals surface area contributed by atoms with E-state index < -0.39 is 6.09 Å². The number of hydrogen-bond acceptors (Lipinski definition) is 3. The second-order valence-corrected chi connectivity index (χ2v) is 6.06. The number of ether oxygens (including phenoxy) is 1. The molecule has 1 aliphatic rings. The fourth-order valence-corrected chi connectivity index (χ4v) is 2.99. The minimum absolute atomic E-state index is 0.0947. The predicted octanol–water partition coefficient (Wildman–Crippen LogP) is 3.40. The Morgan fingerprint density at radius 1 is 1.22 bits per heavy atom. The van der Waals surface area contributed by atoms with Crippen molar-refractivity contribution in [1.82, 2.24) is 4.90 Å². The number of fused-ring (bicyclic) bond motifs is 1. The maximum Gasteiger partial charge on any atom is 0.410 e. The molecule has 1 atom stereocenters. The molecular weight excluding hydrogens is 314 g/mol. The van der Waals surface area contributed by atoms with Crippen LogP contribution >= 0.6 is 11.6 Å². The van der Waals surface area contributed by atoms with E-state index in [1.165, 1.54) is 0 Å². The summed E-state index contributed by atoms with van der Waals surface area (Å²) < 4.78 is 5.39. The van der Waals surface area contributed by atoms with Crippen LogP contribution in [0, 0.1) is 0 Å². The molecule has 0 spiro atoms. The van der Waals surface area contributed by atoms with E-state index in [0.717, 1.165) is 16.7 Å². The molecular formula is C18H18ClNO3. The molecule has 0 aliphatic carbocycles. The Bertz CT molecular complexity index is 690. The predicted molar refractivity (Wildman–Crippen MR) is 88.2 cm³/mol. The fourth-order valence-electron chi connectivity index (χ4n) is 2.80. The number of amides is 1. The summed E-state index contributed by atoms with van der Waals surface area (Å²) in [6.45, 7) is 0.522. The van der Waals surface area contributed by atoms with Gasteiger partial charge in [0, 0.05) is 11.6 Å². The number of benzene rings is 2. The van der Waals surface area contributed by atoms with Gasteiger partial charge in [-0.25, -0.2) is 4.79 Å². The number of aliphatic hydroxyl groups excluding tert-OH is 1. The van der Waals surface area contributed by atoms with Gasteiger partial charge >= 0.3 is 6.09 Å². The van der Waals surface area contributed by atoms with Crippen molar-refractivity contribution in [2.75, 3.05) is 6.61 Å². The molecule has 1 amide bonds. The summed E-state index contributed by atoms with van der Waals surface area (Å²) in [7, 11) is 0. The Morgan fingerprint density at radius 2 is 2.00 bits per heavy atom. The van der Waals surface area contributed by atoms with Crippen molar-refractivity contribution in [3.63, 3.8) is 0 Å². The van der Waals surface area contributed by atoms with Crippen LogP contribution in [0.15, 0.2) is 48.5 Å². The standard InChI is InChI=1S/C18H18ClNO3/c19-16-7-6-14-9-17(11-21)20(10-15(14)8-16)18(22)23-12-13-4-2-1-3-5-13/h1-8,17,21H,9-12H2/t17-/m0/s1. The molecule has 0 unspecified atom stereocenters. The van der Waals surface area contributed by atoms with Crippen molar-refractivity contribution >= 4 is 17.7 Å². The van der Waals surface area contributed by atoms with E-state index in [1.54, 1.807) is 4.90 Å². The molecule has 5 heteroatoms. The maximum atomic E-state index is 12.4. The molecule has 1 heterocycles. The molecule has 2 aromatic carbocycles. The molecule has 0 saturated carbocycles. The first kappa shape index (κ1) is 15.8. The highest BCUT2D eigenvalue weighted by atomic mass is 35.5. The van der Waals surface area contributed by atoms with Crippen molar-refractivity contribution in [3.8, 4) is 0 Å². The summed E-state index contributed by atoms with van der Waals surface area (Å²) in [5.74, 6) is 0. The molecule has 0 radical (unpaired) electrons. The van der Waals surface area contributed by atoms with Gasteiger partial charge in [-0.2, -0.15) is 0 Å². The number of aliphatic hydroxyl groups is 1. The minimum atomic E-state index is -0.418. The van der Waals surface area contributed by atoms with Crippen molar-refractivity contribution < 1.29 is 14.6 Å². The normalized spacial score (nSPS) is 16.8. The fraction of sp³-hybridized carbons (Fsp3) is 0.278. The number of nitrogens with zero attached hydrogens (tertiary/aromatic N) is 1. The van der Waals surface area contributed by atoms with E-state index in [1.807, 2.05) is 48.5 Å². The van der Waals surface area contributed by atoms with Gasteiger partial charge in [0.15, 0.2) is 0 Å². The molecule has 0 bridgehead atoms. The lowest BCUT2D eigenvalue weighted by molar-refractivity contribution is 0.0563. The molecule has 4 nitrogen and oxygen atoms in total. The minimum Gasteiger partial charge on any atom is -0.445 e.